The molecule has 2 aromatic rings. The lowest BCUT2D eigenvalue weighted by Crippen LogP contribution is -2.23. The van der Waals surface area contributed by atoms with E-state index >= 15 is 0 Å². The summed E-state index contributed by atoms with van der Waals surface area (Å²) in [6.45, 7) is 5.12. The van der Waals surface area contributed by atoms with Gasteiger partial charge in [-0.2, -0.15) is 0 Å². The van der Waals surface area contributed by atoms with Crippen LogP contribution in [0, 0.1) is 6.92 Å². The predicted molar refractivity (Wildman–Crippen MR) is 87.6 cm³/mol. The molecule has 0 saturated carbocycles. The molecule has 1 aromatic heterocycles. The fourth-order valence-corrected chi connectivity index (χ4v) is 3.36. The molecule has 1 atom stereocenters. The largest absolute Gasteiger partial charge is 0.309 e. The van der Waals surface area contributed by atoms with Crippen LogP contribution in [0.2, 0.25) is 5.02 Å². The average Bonchev–Trinajstić information content (AvgIpc) is 2.45. The highest BCUT2D eigenvalue weighted by Crippen LogP contribution is 2.30. The van der Waals surface area contributed by atoms with Crippen LogP contribution in [0.1, 0.15) is 24.1 Å². The Morgan fingerprint density at radius 2 is 2.10 bits per heavy atom. The fourth-order valence-electron chi connectivity index (χ4n) is 2.02. The number of hydrogen-bond donors (Lipinski definition) is 1. The van der Waals surface area contributed by atoms with Crippen molar-refractivity contribution in [1.29, 1.82) is 0 Å². The second-order valence-electron chi connectivity index (χ2n) is 4.65. The van der Waals surface area contributed by atoms with Gasteiger partial charge in [-0.3, -0.25) is 4.98 Å². The first-order valence-electron chi connectivity index (χ1n) is 6.73. The normalized spacial score (nSPS) is 12.3. The molecule has 0 fully saturated rings. The Bertz CT molecular complexity index is 560. The van der Waals surface area contributed by atoms with E-state index in [2.05, 4.69) is 36.3 Å². The Kier molecular flexibility index (Phi) is 5.89. The second kappa shape index (κ2) is 7.67. The van der Waals surface area contributed by atoms with Gasteiger partial charge < -0.3 is 5.32 Å². The fraction of sp³-hybridized carbons (Fsp3) is 0.312. The van der Waals surface area contributed by atoms with Gasteiger partial charge in [0, 0.05) is 29.1 Å². The topological polar surface area (TPSA) is 24.9 Å². The molecule has 2 rings (SSSR count). The quantitative estimate of drug-likeness (QED) is 0.796. The van der Waals surface area contributed by atoms with Crippen molar-refractivity contribution >= 4 is 23.4 Å². The van der Waals surface area contributed by atoms with Crippen molar-refractivity contribution in [3.05, 3.63) is 58.9 Å². The minimum atomic E-state index is 0.286. The number of nitrogens with one attached hydrogen (secondary N) is 1. The summed E-state index contributed by atoms with van der Waals surface area (Å²) in [6.07, 6.45) is 3.82. The van der Waals surface area contributed by atoms with Crippen molar-refractivity contribution in [2.45, 2.75) is 24.8 Å². The molecule has 1 unspecified atom stereocenters. The predicted octanol–water partition coefficient (Wildman–Crippen LogP) is 4.49. The van der Waals surface area contributed by atoms with E-state index < -0.39 is 0 Å². The lowest BCUT2D eigenvalue weighted by Gasteiger charge is -2.18. The van der Waals surface area contributed by atoms with E-state index in [4.69, 9.17) is 11.6 Å². The highest BCUT2D eigenvalue weighted by atomic mass is 35.5. The first-order valence-corrected chi connectivity index (χ1v) is 8.09. The number of aryl methyl sites for hydroxylation is 1. The number of rotatable bonds is 6. The third kappa shape index (κ3) is 4.23. The number of aromatic nitrogens is 1. The standard InChI is InChI=1S/C16H19ClN2S/c1-3-19-15(13-8-12(2)9-18-10-13)11-20-16-7-5-4-6-14(16)17/h4-10,15,19H,3,11H2,1-2H3. The molecule has 0 bridgehead atoms. The van der Waals surface area contributed by atoms with Gasteiger partial charge in [0.15, 0.2) is 0 Å². The van der Waals surface area contributed by atoms with E-state index in [-0.39, 0.29) is 6.04 Å². The van der Waals surface area contributed by atoms with Gasteiger partial charge in [-0.25, -0.2) is 0 Å². The number of nitrogens with zero attached hydrogens (tertiary/aromatic N) is 1. The Morgan fingerprint density at radius 1 is 1.30 bits per heavy atom. The molecule has 1 N–H and O–H groups in total. The second-order valence-corrected chi connectivity index (χ2v) is 6.12. The average molecular weight is 307 g/mol. The van der Waals surface area contributed by atoms with Crippen molar-refractivity contribution in [2.75, 3.05) is 12.3 Å². The van der Waals surface area contributed by atoms with Gasteiger partial charge in [-0.15, -0.1) is 11.8 Å². The maximum absolute atomic E-state index is 6.20. The van der Waals surface area contributed by atoms with E-state index in [0.29, 0.717) is 0 Å². The van der Waals surface area contributed by atoms with Gasteiger partial charge in [-0.05, 0) is 36.7 Å². The number of hydrogen-bond acceptors (Lipinski definition) is 3. The van der Waals surface area contributed by atoms with Crippen LogP contribution in [0.4, 0.5) is 0 Å². The Morgan fingerprint density at radius 3 is 2.80 bits per heavy atom. The van der Waals surface area contributed by atoms with Crippen LogP contribution < -0.4 is 5.32 Å². The van der Waals surface area contributed by atoms with Gasteiger partial charge in [-0.1, -0.05) is 36.7 Å². The summed E-state index contributed by atoms with van der Waals surface area (Å²) in [6, 6.07) is 10.4. The maximum Gasteiger partial charge on any atom is 0.0541 e. The monoisotopic (exact) mass is 306 g/mol. The van der Waals surface area contributed by atoms with Gasteiger partial charge in [0.1, 0.15) is 0 Å². The zero-order valence-electron chi connectivity index (χ0n) is 11.8. The van der Waals surface area contributed by atoms with Crippen LogP contribution >= 0.6 is 23.4 Å². The number of pyridine rings is 1. The Labute approximate surface area is 130 Å². The molecule has 1 heterocycles. The lowest BCUT2D eigenvalue weighted by atomic mass is 10.1. The molecule has 2 nitrogen and oxygen atoms in total. The first kappa shape index (κ1) is 15.4. The van der Waals surface area contributed by atoms with Crippen LogP contribution in [-0.4, -0.2) is 17.3 Å². The minimum absolute atomic E-state index is 0.286. The van der Waals surface area contributed by atoms with Crippen molar-refractivity contribution in [3.8, 4) is 0 Å². The number of benzene rings is 1. The van der Waals surface area contributed by atoms with Gasteiger partial charge in [0.2, 0.25) is 0 Å². The van der Waals surface area contributed by atoms with Crippen molar-refractivity contribution < 1.29 is 0 Å². The molecule has 0 aliphatic carbocycles. The molecule has 0 aliphatic rings. The summed E-state index contributed by atoms with van der Waals surface area (Å²) in [5, 5.41) is 4.33. The van der Waals surface area contributed by atoms with Crippen molar-refractivity contribution in [1.82, 2.24) is 10.3 Å². The third-order valence-electron chi connectivity index (χ3n) is 2.99. The highest BCUT2D eigenvalue weighted by Gasteiger charge is 2.12. The first-order chi connectivity index (χ1) is 9.70. The molecular weight excluding hydrogens is 288 g/mol. The summed E-state index contributed by atoms with van der Waals surface area (Å²) in [4.78, 5) is 5.41. The lowest BCUT2D eigenvalue weighted by molar-refractivity contribution is 0.603. The Hall–Kier alpha value is -1.03. The van der Waals surface area contributed by atoms with Crippen LogP contribution in [0.25, 0.3) is 0 Å². The van der Waals surface area contributed by atoms with E-state index in [1.54, 1.807) is 11.8 Å². The molecular formula is C16H19ClN2S. The smallest absolute Gasteiger partial charge is 0.0541 e. The SMILES string of the molecule is CCNC(CSc1ccccc1Cl)c1cncc(C)c1. The zero-order valence-corrected chi connectivity index (χ0v) is 13.3. The summed E-state index contributed by atoms with van der Waals surface area (Å²) in [5.74, 6) is 0.933. The van der Waals surface area contributed by atoms with Gasteiger partial charge in [0.25, 0.3) is 0 Å². The summed E-state index contributed by atoms with van der Waals surface area (Å²) >= 11 is 7.98. The number of halogens is 1. The van der Waals surface area contributed by atoms with E-state index in [1.165, 1.54) is 11.1 Å². The zero-order chi connectivity index (χ0) is 14.4. The van der Waals surface area contributed by atoms with E-state index in [9.17, 15) is 0 Å². The van der Waals surface area contributed by atoms with Gasteiger partial charge >= 0.3 is 0 Å². The molecule has 4 heteroatoms. The van der Waals surface area contributed by atoms with Crippen LogP contribution in [0.5, 0.6) is 0 Å². The van der Waals surface area contributed by atoms with Crippen molar-refractivity contribution in [3.63, 3.8) is 0 Å². The molecule has 0 spiro atoms. The third-order valence-corrected chi connectivity index (χ3v) is 4.60. The van der Waals surface area contributed by atoms with Crippen LogP contribution in [0.15, 0.2) is 47.6 Å². The van der Waals surface area contributed by atoms with Crippen LogP contribution in [0.3, 0.4) is 0 Å². The highest BCUT2D eigenvalue weighted by molar-refractivity contribution is 7.99. The molecule has 20 heavy (non-hydrogen) atoms. The molecule has 0 amide bonds. The Balaban J connectivity index is 2.08. The minimum Gasteiger partial charge on any atom is -0.309 e. The summed E-state index contributed by atoms with van der Waals surface area (Å²) < 4.78 is 0. The summed E-state index contributed by atoms with van der Waals surface area (Å²) in [7, 11) is 0. The molecule has 0 saturated heterocycles. The van der Waals surface area contributed by atoms with E-state index in [1.807, 2.05) is 30.6 Å². The summed E-state index contributed by atoms with van der Waals surface area (Å²) in [5.41, 5.74) is 2.42. The van der Waals surface area contributed by atoms with Crippen LogP contribution in [-0.2, 0) is 0 Å². The molecule has 0 aliphatic heterocycles. The van der Waals surface area contributed by atoms with Crippen molar-refractivity contribution in [2.24, 2.45) is 0 Å². The maximum atomic E-state index is 6.20. The number of thioether (sulfide) groups is 1. The molecule has 1 aromatic carbocycles. The van der Waals surface area contributed by atoms with Gasteiger partial charge in [0.05, 0.1) is 5.02 Å². The van der Waals surface area contributed by atoms with E-state index in [0.717, 1.165) is 22.2 Å². The molecule has 106 valence electrons. The molecule has 0 radical (unpaired) electrons.